The molecule has 1 aliphatic carbocycles. The second-order valence-electron chi connectivity index (χ2n) is 4.61. The molecule has 5 nitrogen and oxygen atoms in total. The number of ether oxygens (including phenoxy) is 1. The second-order valence-corrected chi connectivity index (χ2v) is 4.61. The van der Waals surface area contributed by atoms with Crippen molar-refractivity contribution in [2.24, 2.45) is 5.41 Å². The maximum absolute atomic E-state index is 11.5. The van der Waals surface area contributed by atoms with E-state index in [-0.39, 0.29) is 5.70 Å². The number of hydrogen-bond donors (Lipinski definition) is 0. The Kier molecular flexibility index (Phi) is 3.12. The molecule has 15 heavy (non-hydrogen) atoms. The number of nitrogens with zero attached hydrogens (tertiary/aromatic N) is 1. The highest BCUT2D eigenvalue weighted by Crippen LogP contribution is 2.25. The molecule has 0 amide bonds. The van der Waals surface area contributed by atoms with Crippen LogP contribution in [0.1, 0.15) is 33.6 Å². The third-order valence-electron chi connectivity index (χ3n) is 2.18. The summed E-state index contributed by atoms with van der Waals surface area (Å²) < 4.78 is 5.10. The van der Waals surface area contributed by atoms with Gasteiger partial charge in [-0.15, -0.1) is 0 Å². The Morgan fingerprint density at radius 2 is 2.20 bits per heavy atom. The topological polar surface area (TPSA) is 69.4 Å². The normalized spacial score (nSPS) is 21.0. The average Bonchev–Trinajstić information content (AvgIpc) is 2.50. The smallest absolute Gasteiger partial charge is 0.312 e. The Balaban J connectivity index is 2.65. The van der Waals surface area contributed by atoms with E-state index in [0.717, 1.165) is 0 Å². The van der Waals surface area contributed by atoms with E-state index in [1.165, 1.54) is 6.08 Å². The molecule has 0 aromatic rings. The molecule has 1 unspecified atom stereocenters. The first-order valence-electron chi connectivity index (χ1n) is 4.88. The van der Waals surface area contributed by atoms with Crippen LogP contribution in [-0.2, 0) is 9.53 Å². The zero-order chi connectivity index (χ0) is 11.6. The standard InChI is InChI=1S/C10H15NO4/c1-10(2,3)9(12)15-8-6-4-5-7(8)11(13)14/h5,8H,4,6H2,1-3H3. The minimum absolute atomic E-state index is 0.00704. The van der Waals surface area contributed by atoms with Crippen molar-refractivity contribution < 1.29 is 14.5 Å². The molecule has 0 saturated heterocycles. The highest BCUT2D eigenvalue weighted by Gasteiger charge is 2.35. The summed E-state index contributed by atoms with van der Waals surface area (Å²) in [5.74, 6) is -0.401. The fourth-order valence-electron chi connectivity index (χ4n) is 1.28. The summed E-state index contributed by atoms with van der Waals surface area (Å²) in [5, 5.41) is 10.6. The fraction of sp³-hybridized carbons (Fsp3) is 0.700. The summed E-state index contributed by atoms with van der Waals surface area (Å²) in [5.41, 5.74) is -0.614. The Morgan fingerprint density at radius 1 is 1.60 bits per heavy atom. The van der Waals surface area contributed by atoms with Crippen LogP contribution in [0, 0.1) is 15.5 Å². The zero-order valence-electron chi connectivity index (χ0n) is 9.15. The number of nitro groups is 1. The minimum Gasteiger partial charge on any atom is -0.450 e. The van der Waals surface area contributed by atoms with Crippen molar-refractivity contribution >= 4 is 5.97 Å². The van der Waals surface area contributed by atoms with Crippen molar-refractivity contribution in [1.29, 1.82) is 0 Å². The lowest BCUT2D eigenvalue weighted by Gasteiger charge is -2.19. The molecule has 0 bridgehead atoms. The Morgan fingerprint density at radius 3 is 2.67 bits per heavy atom. The van der Waals surface area contributed by atoms with Crippen LogP contribution in [0.15, 0.2) is 11.8 Å². The summed E-state index contributed by atoms with van der Waals surface area (Å²) >= 11 is 0. The summed E-state index contributed by atoms with van der Waals surface area (Å²) in [6.07, 6.45) is 1.95. The predicted molar refractivity (Wildman–Crippen MR) is 53.6 cm³/mol. The third kappa shape index (κ3) is 2.78. The third-order valence-corrected chi connectivity index (χ3v) is 2.18. The van der Waals surface area contributed by atoms with Crippen molar-refractivity contribution in [1.82, 2.24) is 0 Å². The van der Waals surface area contributed by atoms with Gasteiger partial charge in [0.15, 0.2) is 6.10 Å². The average molecular weight is 213 g/mol. The predicted octanol–water partition coefficient (Wildman–Crippen LogP) is 1.90. The van der Waals surface area contributed by atoms with Gasteiger partial charge < -0.3 is 4.74 Å². The molecular formula is C10H15NO4. The molecule has 84 valence electrons. The van der Waals surface area contributed by atoms with Gasteiger partial charge in [-0.3, -0.25) is 14.9 Å². The molecule has 0 aromatic heterocycles. The Bertz CT molecular complexity index is 314. The number of hydrogen-bond acceptors (Lipinski definition) is 4. The Labute approximate surface area is 88.3 Å². The molecule has 5 heteroatoms. The molecule has 1 aliphatic rings. The van der Waals surface area contributed by atoms with Crippen LogP contribution < -0.4 is 0 Å². The summed E-state index contributed by atoms with van der Waals surface area (Å²) in [6.45, 7) is 5.17. The van der Waals surface area contributed by atoms with Crippen LogP contribution in [0.2, 0.25) is 0 Å². The van der Waals surface area contributed by atoms with Gasteiger partial charge in [-0.25, -0.2) is 0 Å². The first kappa shape index (κ1) is 11.7. The molecule has 0 fully saturated rings. The van der Waals surface area contributed by atoms with Gasteiger partial charge in [0.1, 0.15) is 0 Å². The van der Waals surface area contributed by atoms with Gasteiger partial charge in [0.05, 0.1) is 10.3 Å². The van der Waals surface area contributed by atoms with E-state index in [1.54, 1.807) is 20.8 Å². The first-order chi connectivity index (χ1) is 6.82. The van der Waals surface area contributed by atoms with Crippen LogP contribution in [0.4, 0.5) is 0 Å². The highest BCUT2D eigenvalue weighted by atomic mass is 16.6. The number of carbonyl (C=O) groups excluding carboxylic acids is 1. The zero-order valence-corrected chi connectivity index (χ0v) is 9.15. The second kappa shape index (κ2) is 4.00. The highest BCUT2D eigenvalue weighted by molar-refractivity contribution is 5.75. The van der Waals surface area contributed by atoms with E-state index in [4.69, 9.17) is 4.74 Å². The minimum atomic E-state index is -0.674. The molecule has 0 aliphatic heterocycles. The first-order valence-corrected chi connectivity index (χ1v) is 4.88. The van der Waals surface area contributed by atoms with Crippen LogP contribution in [0.3, 0.4) is 0 Å². The van der Waals surface area contributed by atoms with Crippen molar-refractivity contribution in [3.63, 3.8) is 0 Å². The number of carbonyl (C=O) groups is 1. The molecule has 1 atom stereocenters. The SMILES string of the molecule is CC(C)(C)C(=O)OC1CCC=C1[N+](=O)[O-]. The van der Waals surface area contributed by atoms with E-state index < -0.39 is 22.4 Å². The fourth-order valence-corrected chi connectivity index (χ4v) is 1.28. The van der Waals surface area contributed by atoms with Gasteiger partial charge in [-0.1, -0.05) is 0 Å². The Hall–Kier alpha value is -1.39. The largest absolute Gasteiger partial charge is 0.450 e. The van der Waals surface area contributed by atoms with Crippen LogP contribution in [0.5, 0.6) is 0 Å². The van der Waals surface area contributed by atoms with Gasteiger partial charge in [0, 0.05) is 0 Å². The van der Waals surface area contributed by atoms with E-state index >= 15 is 0 Å². The molecule has 0 radical (unpaired) electrons. The maximum Gasteiger partial charge on any atom is 0.312 e. The van der Waals surface area contributed by atoms with E-state index in [2.05, 4.69) is 0 Å². The lowest BCUT2D eigenvalue weighted by molar-refractivity contribution is -0.434. The van der Waals surface area contributed by atoms with Crippen LogP contribution in [-0.4, -0.2) is 17.0 Å². The molecule has 0 saturated carbocycles. The number of rotatable bonds is 2. The monoisotopic (exact) mass is 213 g/mol. The van der Waals surface area contributed by atoms with Crippen molar-refractivity contribution in [3.8, 4) is 0 Å². The molecule has 0 heterocycles. The van der Waals surface area contributed by atoms with Gasteiger partial charge in [-0.2, -0.15) is 0 Å². The summed E-state index contributed by atoms with van der Waals surface area (Å²) in [6, 6.07) is 0. The van der Waals surface area contributed by atoms with E-state index in [0.29, 0.717) is 12.8 Å². The number of esters is 1. The van der Waals surface area contributed by atoms with Gasteiger partial charge in [0.2, 0.25) is 0 Å². The molecule has 0 N–H and O–H groups in total. The van der Waals surface area contributed by atoms with Crippen LogP contribution >= 0.6 is 0 Å². The lowest BCUT2D eigenvalue weighted by atomic mass is 9.97. The molecule has 1 rings (SSSR count). The molecule has 0 spiro atoms. The summed E-state index contributed by atoms with van der Waals surface area (Å²) in [4.78, 5) is 21.6. The van der Waals surface area contributed by atoms with Gasteiger partial charge in [0.25, 0.3) is 5.70 Å². The maximum atomic E-state index is 11.5. The van der Waals surface area contributed by atoms with Crippen LogP contribution in [0.25, 0.3) is 0 Å². The van der Waals surface area contributed by atoms with E-state index in [1.807, 2.05) is 0 Å². The van der Waals surface area contributed by atoms with Crippen molar-refractivity contribution in [2.75, 3.05) is 0 Å². The lowest BCUT2D eigenvalue weighted by Crippen LogP contribution is -2.29. The van der Waals surface area contributed by atoms with Crippen molar-refractivity contribution in [2.45, 2.75) is 39.7 Å². The van der Waals surface area contributed by atoms with Gasteiger partial charge >= 0.3 is 5.97 Å². The summed E-state index contributed by atoms with van der Waals surface area (Å²) in [7, 11) is 0. The van der Waals surface area contributed by atoms with Gasteiger partial charge in [-0.05, 0) is 39.7 Å². The molecular weight excluding hydrogens is 198 g/mol. The van der Waals surface area contributed by atoms with Crippen molar-refractivity contribution in [3.05, 3.63) is 21.9 Å². The molecule has 0 aromatic carbocycles. The van der Waals surface area contributed by atoms with E-state index in [9.17, 15) is 14.9 Å². The quantitative estimate of drug-likeness (QED) is 0.399. The number of allylic oxidation sites excluding steroid dienone is 1.